The number of hydrogen-bond donors (Lipinski definition) is 1. The van der Waals surface area contributed by atoms with Gasteiger partial charge in [-0.2, -0.15) is 0 Å². The van der Waals surface area contributed by atoms with Gasteiger partial charge in [-0.15, -0.1) is 0 Å². The second-order valence-corrected chi connectivity index (χ2v) is 10.7. The van der Waals surface area contributed by atoms with Gasteiger partial charge >= 0.3 is 0 Å². The summed E-state index contributed by atoms with van der Waals surface area (Å²) >= 11 is 0. The van der Waals surface area contributed by atoms with Crippen molar-refractivity contribution in [3.63, 3.8) is 0 Å². The minimum Gasteiger partial charge on any atom is -0.393 e. The number of nitrogens with zero attached hydrogens (tertiary/aromatic N) is 1. The molecule has 0 amide bonds. The molecule has 2 nitrogen and oxygen atoms in total. The van der Waals surface area contributed by atoms with Crippen molar-refractivity contribution in [1.82, 2.24) is 4.90 Å². The van der Waals surface area contributed by atoms with Crippen LogP contribution in [0.25, 0.3) is 0 Å². The van der Waals surface area contributed by atoms with E-state index >= 15 is 0 Å². The molecule has 4 fully saturated rings. The summed E-state index contributed by atoms with van der Waals surface area (Å²) in [5, 5.41) is 10.2. The number of fused-ring (bicyclic) bond motifs is 1. The van der Waals surface area contributed by atoms with Crippen LogP contribution >= 0.6 is 0 Å². The Morgan fingerprint density at radius 3 is 2.68 bits per heavy atom. The van der Waals surface area contributed by atoms with Crippen LogP contribution in [0.1, 0.15) is 90.9 Å². The SMILES string of the molecule is CC1CC/C(=C/C=C2\CCC[C@]3(C)C(CCCN4CCCC4)CCC23)CC1O. The Morgan fingerprint density at radius 2 is 1.89 bits per heavy atom. The van der Waals surface area contributed by atoms with Gasteiger partial charge in [0.25, 0.3) is 0 Å². The van der Waals surface area contributed by atoms with Gasteiger partial charge in [-0.05, 0) is 120 Å². The van der Waals surface area contributed by atoms with E-state index in [0.29, 0.717) is 11.3 Å². The summed E-state index contributed by atoms with van der Waals surface area (Å²) in [6, 6.07) is 0. The highest BCUT2D eigenvalue weighted by Crippen LogP contribution is 2.58. The maximum atomic E-state index is 10.2. The van der Waals surface area contributed by atoms with Crippen LogP contribution < -0.4 is 0 Å². The lowest BCUT2D eigenvalue weighted by molar-refractivity contribution is 0.0979. The smallest absolute Gasteiger partial charge is 0.0603 e. The maximum Gasteiger partial charge on any atom is 0.0603 e. The molecule has 158 valence electrons. The Labute approximate surface area is 173 Å². The number of hydrogen-bond acceptors (Lipinski definition) is 2. The first kappa shape index (κ1) is 20.7. The monoisotopic (exact) mass is 385 g/mol. The summed E-state index contributed by atoms with van der Waals surface area (Å²) in [5.74, 6) is 2.23. The number of allylic oxidation sites excluding steroid dienone is 3. The molecular weight excluding hydrogens is 342 g/mol. The lowest BCUT2D eigenvalue weighted by Crippen LogP contribution is -2.33. The number of likely N-dealkylation sites (tertiary alicyclic amines) is 1. The molecule has 0 aromatic heterocycles. The van der Waals surface area contributed by atoms with Gasteiger partial charge in [0, 0.05) is 0 Å². The van der Waals surface area contributed by atoms with E-state index in [4.69, 9.17) is 0 Å². The molecule has 0 spiro atoms. The molecule has 5 atom stereocenters. The van der Waals surface area contributed by atoms with E-state index in [1.807, 2.05) is 0 Å². The molecule has 0 aromatic rings. The van der Waals surface area contributed by atoms with E-state index in [0.717, 1.165) is 24.7 Å². The summed E-state index contributed by atoms with van der Waals surface area (Å²) in [7, 11) is 0. The van der Waals surface area contributed by atoms with Crippen molar-refractivity contribution >= 4 is 0 Å². The predicted molar refractivity (Wildman–Crippen MR) is 118 cm³/mol. The van der Waals surface area contributed by atoms with Crippen molar-refractivity contribution in [3.8, 4) is 0 Å². The standard InChI is InChI=1S/C26H43NO/c1-20-9-10-21(19-25(20)28)11-12-22-7-5-15-26(2)23(13-14-24(22)26)8-6-18-27-16-3-4-17-27/h11-12,20,23-25,28H,3-10,13-19H2,1-2H3/b21-11-,22-12+/t20?,23?,24?,25?,26-/m1/s1. The van der Waals surface area contributed by atoms with Crippen molar-refractivity contribution in [2.75, 3.05) is 19.6 Å². The van der Waals surface area contributed by atoms with E-state index < -0.39 is 0 Å². The Bertz CT molecular complexity index is 587. The van der Waals surface area contributed by atoms with Gasteiger partial charge in [-0.25, -0.2) is 0 Å². The molecule has 3 aliphatic carbocycles. The first-order valence-electron chi connectivity index (χ1n) is 12.3. The molecular formula is C26H43NO. The lowest BCUT2D eigenvalue weighted by Gasteiger charge is -2.42. The minimum absolute atomic E-state index is 0.124. The maximum absolute atomic E-state index is 10.2. The Balaban J connectivity index is 1.36. The first-order chi connectivity index (χ1) is 13.6. The van der Waals surface area contributed by atoms with E-state index in [1.54, 1.807) is 5.57 Å². The van der Waals surface area contributed by atoms with Crippen LogP contribution in [0.5, 0.6) is 0 Å². The van der Waals surface area contributed by atoms with Crippen LogP contribution in [-0.2, 0) is 0 Å². The van der Waals surface area contributed by atoms with Crippen molar-refractivity contribution < 1.29 is 5.11 Å². The van der Waals surface area contributed by atoms with Crippen molar-refractivity contribution in [1.29, 1.82) is 0 Å². The Hall–Kier alpha value is -0.600. The fourth-order valence-electron chi connectivity index (χ4n) is 6.94. The zero-order valence-electron chi connectivity index (χ0n) is 18.5. The van der Waals surface area contributed by atoms with Gasteiger partial charge in [-0.1, -0.05) is 37.1 Å². The zero-order valence-corrected chi connectivity index (χ0v) is 18.5. The van der Waals surface area contributed by atoms with Crippen LogP contribution in [0, 0.1) is 23.2 Å². The summed E-state index contributed by atoms with van der Waals surface area (Å²) in [6.07, 6.45) is 20.7. The Morgan fingerprint density at radius 1 is 1.07 bits per heavy atom. The molecule has 1 aliphatic heterocycles. The molecule has 3 saturated carbocycles. The fraction of sp³-hybridized carbons (Fsp3) is 0.846. The third-order valence-electron chi connectivity index (χ3n) is 8.97. The third-order valence-corrected chi connectivity index (χ3v) is 8.97. The van der Waals surface area contributed by atoms with E-state index in [2.05, 4.69) is 30.9 Å². The number of aliphatic hydroxyl groups is 1. The van der Waals surface area contributed by atoms with Crippen molar-refractivity contribution in [2.45, 2.75) is 97.0 Å². The van der Waals surface area contributed by atoms with Gasteiger partial charge in [0.15, 0.2) is 0 Å². The van der Waals surface area contributed by atoms with Gasteiger partial charge in [0.2, 0.25) is 0 Å². The Kier molecular flexibility index (Phi) is 6.67. The molecule has 4 aliphatic rings. The van der Waals surface area contributed by atoms with Crippen LogP contribution in [0.2, 0.25) is 0 Å². The number of aliphatic hydroxyl groups excluding tert-OH is 1. The summed E-state index contributed by atoms with van der Waals surface area (Å²) in [5.41, 5.74) is 3.76. The topological polar surface area (TPSA) is 23.5 Å². The molecule has 4 rings (SSSR count). The zero-order chi connectivity index (χ0) is 19.6. The van der Waals surface area contributed by atoms with Crippen LogP contribution in [0.3, 0.4) is 0 Å². The molecule has 28 heavy (non-hydrogen) atoms. The molecule has 2 heteroatoms. The first-order valence-corrected chi connectivity index (χ1v) is 12.3. The van der Waals surface area contributed by atoms with Crippen molar-refractivity contribution in [2.24, 2.45) is 23.2 Å². The highest BCUT2D eigenvalue weighted by molar-refractivity contribution is 5.25. The van der Waals surface area contributed by atoms with E-state index in [9.17, 15) is 5.11 Å². The molecule has 1 heterocycles. The van der Waals surface area contributed by atoms with Crippen LogP contribution in [0.4, 0.5) is 0 Å². The summed E-state index contributed by atoms with van der Waals surface area (Å²) < 4.78 is 0. The molecule has 1 N–H and O–H groups in total. The molecule has 0 bridgehead atoms. The second kappa shape index (κ2) is 9.04. The lowest BCUT2D eigenvalue weighted by atomic mass is 9.62. The average Bonchev–Trinajstić information content (AvgIpc) is 3.31. The van der Waals surface area contributed by atoms with Gasteiger partial charge in [0.05, 0.1) is 6.10 Å². The minimum atomic E-state index is -0.124. The second-order valence-electron chi connectivity index (χ2n) is 10.7. The summed E-state index contributed by atoms with van der Waals surface area (Å²) in [4.78, 5) is 2.69. The largest absolute Gasteiger partial charge is 0.393 e. The predicted octanol–water partition coefficient (Wildman–Crippen LogP) is 6.11. The van der Waals surface area contributed by atoms with Gasteiger partial charge < -0.3 is 10.0 Å². The quantitative estimate of drug-likeness (QED) is 0.617. The highest BCUT2D eigenvalue weighted by atomic mass is 16.3. The molecule has 0 aromatic carbocycles. The van der Waals surface area contributed by atoms with E-state index in [-0.39, 0.29) is 6.10 Å². The summed E-state index contributed by atoms with van der Waals surface area (Å²) in [6.45, 7) is 8.85. The van der Waals surface area contributed by atoms with Crippen LogP contribution in [-0.4, -0.2) is 35.7 Å². The van der Waals surface area contributed by atoms with E-state index in [1.165, 1.54) is 89.4 Å². The van der Waals surface area contributed by atoms with Crippen LogP contribution in [0.15, 0.2) is 23.3 Å². The average molecular weight is 386 g/mol. The normalized spacial score (nSPS) is 42.4. The van der Waals surface area contributed by atoms with Gasteiger partial charge in [-0.3, -0.25) is 0 Å². The number of rotatable bonds is 5. The third kappa shape index (κ3) is 4.43. The molecule has 0 radical (unpaired) electrons. The van der Waals surface area contributed by atoms with Crippen molar-refractivity contribution in [3.05, 3.63) is 23.3 Å². The molecule has 1 saturated heterocycles. The fourth-order valence-corrected chi connectivity index (χ4v) is 6.94. The molecule has 4 unspecified atom stereocenters. The van der Waals surface area contributed by atoms with Gasteiger partial charge in [0.1, 0.15) is 0 Å². The highest BCUT2D eigenvalue weighted by Gasteiger charge is 2.48.